The first-order valence-corrected chi connectivity index (χ1v) is 10.5. The first kappa shape index (κ1) is 24.1. The fraction of sp³-hybridized carbons (Fsp3) is 0.304. The summed E-state index contributed by atoms with van der Waals surface area (Å²) in [4.78, 5) is 48.7. The van der Waals surface area contributed by atoms with Gasteiger partial charge in [-0.1, -0.05) is 32.9 Å². The average Bonchev–Trinajstić information content (AvgIpc) is 2.75. The van der Waals surface area contributed by atoms with Gasteiger partial charge in [-0.3, -0.25) is 9.59 Å². The molecule has 0 saturated heterocycles. The number of hydrogen-bond acceptors (Lipinski definition) is 7. The summed E-state index contributed by atoms with van der Waals surface area (Å²) in [7, 11) is 1.30. The lowest BCUT2D eigenvalue weighted by atomic mass is 9.91. The van der Waals surface area contributed by atoms with E-state index in [0.29, 0.717) is 21.7 Å². The normalized spacial score (nSPS) is 10.8. The van der Waals surface area contributed by atoms with E-state index in [2.05, 4.69) is 10.1 Å². The molecule has 0 atom stereocenters. The number of anilines is 1. The average molecular weight is 444 g/mol. The van der Waals surface area contributed by atoms with Gasteiger partial charge in [0.15, 0.2) is 12.4 Å². The van der Waals surface area contributed by atoms with Gasteiger partial charge >= 0.3 is 11.9 Å². The Morgan fingerprint density at radius 1 is 0.935 bits per heavy atom. The molecular formula is C23H25NO6S. The van der Waals surface area contributed by atoms with E-state index in [4.69, 9.17) is 4.74 Å². The van der Waals surface area contributed by atoms with Gasteiger partial charge in [0.2, 0.25) is 5.91 Å². The van der Waals surface area contributed by atoms with Crippen molar-refractivity contribution in [3.63, 3.8) is 0 Å². The highest BCUT2D eigenvalue weighted by Gasteiger charge is 2.23. The molecule has 0 bridgehead atoms. The predicted octanol–water partition coefficient (Wildman–Crippen LogP) is 3.98. The summed E-state index contributed by atoms with van der Waals surface area (Å²) >= 11 is 1.18. The molecule has 0 fully saturated rings. The van der Waals surface area contributed by atoms with Crippen LogP contribution in [0.2, 0.25) is 0 Å². The molecule has 7 nitrogen and oxygen atoms in total. The Hall–Kier alpha value is -3.13. The summed E-state index contributed by atoms with van der Waals surface area (Å²) in [5.41, 5.74) is 0.616. The van der Waals surface area contributed by atoms with Crippen LogP contribution in [0.25, 0.3) is 0 Å². The maximum absolute atomic E-state index is 12.4. The van der Waals surface area contributed by atoms with E-state index in [9.17, 15) is 19.2 Å². The number of ether oxygens (including phenoxy) is 2. The minimum atomic E-state index is -0.612. The largest absolute Gasteiger partial charge is 0.465 e. The van der Waals surface area contributed by atoms with Crippen molar-refractivity contribution in [2.24, 2.45) is 5.41 Å². The van der Waals surface area contributed by atoms with Crippen LogP contribution in [0.15, 0.2) is 53.4 Å². The van der Waals surface area contributed by atoms with Crippen molar-refractivity contribution >= 4 is 41.1 Å². The molecule has 0 radical (unpaired) electrons. The van der Waals surface area contributed by atoms with E-state index >= 15 is 0 Å². The van der Waals surface area contributed by atoms with Crippen LogP contribution in [0.4, 0.5) is 5.69 Å². The molecule has 0 aliphatic rings. The number of hydrogen-bond donors (Lipinski definition) is 1. The second kappa shape index (κ2) is 10.8. The first-order chi connectivity index (χ1) is 14.6. The number of rotatable bonds is 8. The van der Waals surface area contributed by atoms with Gasteiger partial charge in [0.05, 0.1) is 24.0 Å². The van der Waals surface area contributed by atoms with Crippen molar-refractivity contribution in [3.8, 4) is 0 Å². The van der Waals surface area contributed by atoms with Crippen molar-refractivity contribution in [2.75, 3.05) is 24.8 Å². The van der Waals surface area contributed by atoms with Crippen molar-refractivity contribution in [1.29, 1.82) is 0 Å². The van der Waals surface area contributed by atoms with Crippen molar-refractivity contribution in [1.82, 2.24) is 0 Å². The van der Waals surface area contributed by atoms with E-state index in [1.165, 1.54) is 18.9 Å². The van der Waals surface area contributed by atoms with E-state index in [0.717, 1.165) is 0 Å². The van der Waals surface area contributed by atoms with Gasteiger partial charge in [-0.15, -0.1) is 11.8 Å². The summed E-state index contributed by atoms with van der Waals surface area (Å²) in [6, 6.07) is 13.1. The van der Waals surface area contributed by atoms with Gasteiger partial charge in [0.1, 0.15) is 0 Å². The number of amides is 1. The van der Waals surface area contributed by atoms with E-state index in [1.54, 1.807) is 69.3 Å². The molecule has 164 valence electrons. The fourth-order valence-corrected chi connectivity index (χ4v) is 3.17. The minimum Gasteiger partial charge on any atom is -0.465 e. The molecule has 2 rings (SSSR count). The molecule has 0 aliphatic heterocycles. The molecule has 0 unspecified atom stereocenters. The molecule has 2 aromatic rings. The summed E-state index contributed by atoms with van der Waals surface area (Å²) in [5.74, 6) is -1.46. The molecule has 0 aromatic heterocycles. The number of carbonyl (C=O) groups is 4. The van der Waals surface area contributed by atoms with Gasteiger partial charge < -0.3 is 14.8 Å². The van der Waals surface area contributed by atoms with Crippen molar-refractivity contribution < 1.29 is 28.7 Å². The predicted molar refractivity (Wildman–Crippen MR) is 118 cm³/mol. The number of nitrogens with one attached hydrogen (secondary N) is 1. The number of ketones is 1. The van der Waals surface area contributed by atoms with Crippen LogP contribution in [0, 0.1) is 5.41 Å². The smallest absolute Gasteiger partial charge is 0.339 e. The number of carbonyl (C=O) groups excluding carboxylic acids is 4. The second-order valence-electron chi connectivity index (χ2n) is 7.65. The lowest BCUT2D eigenvalue weighted by Gasteiger charge is -2.16. The summed E-state index contributed by atoms with van der Waals surface area (Å²) in [5, 5.41) is 2.73. The monoisotopic (exact) mass is 443 g/mol. The zero-order valence-corrected chi connectivity index (χ0v) is 18.7. The molecule has 0 saturated carbocycles. The van der Waals surface area contributed by atoms with Crippen LogP contribution in [0.5, 0.6) is 0 Å². The van der Waals surface area contributed by atoms with E-state index in [-0.39, 0.29) is 24.1 Å². The van der Waals surface area contributed by atoms with Crippen molar-refractivity contribution in [2.45, 2.75) is 25.7 Å². The molecule has 8 heteroatoms. The Kier molecular flexibility index (Phi) is 8.38. The van der Waals surface area contributed by atoms with E-state index in [1.807, 2.05) is 0 Å². The maximum Gasteiger partial charge on any atom is 0.339 e. The molecule has 2 aromatic carbocycles. The lowest BCUT2D eigenvalue weighted by Crippen LogP contribution is -2.26. The Morgan fingerprint density at radius 2 is 1.58 bits per heavy atom. The second-order valence-corrected chi connectivity index (χ2v) is 8.67. The zero-order valence-electron chi connectivity index (χ0n) is 17.9. The number of benzene rings is 2. The first-order valence-electron chi connectivity index (χ1n) is 9.52. The Bertz CT molecular complexity index is 963. The number of methoxy groups -OCH3 is 1. The minimum absolute atomic E-state index is 0.0595. The third-order valence-electron chi connectivity index (χ3n) is 4.23. The summed E-state index contributed by atoms with van der Waals surface area (Å²) in [6.45, 7) is 4.97. The van der Waals surface area contributed by atoms with Crippen molar-refractivity contribution in [3.05, 3.63) is 59.7 Å². The molecule has 1 amide bonds. The molecule has 0 heterocycles. The quantitative estimate of drug-likeness (QED) is 0.487. The Balaban J connectivity index is 1.95. The lowest BCUT2D eigenvalue weighted by molar-refractivity contribution is -0.129. The van der Waals surface area contributed by atoms with E-state index < -0.39 is 17.4 Å². The van der Waals surface area contributed by atoms with Crippen LogP contribution in [0.3, 0.4) is 0 Å². The molecule has 0 spiro atoms. The highest BCUT2D eigenvalue weighted by Crippen LogP contribution is 2.24. The Labute approximate surface area is 185 Å². The number of thioether (sulfide) groups is 1. The van der Waals surface area contributed by atoms with Gasteiger partial charge in [-0.05, 0) is 36.4 Å². The molecule has 1 N–H and O–H groups in total. The van der Waals surface area contributed by atoms with Gasteiger partial charge in [0, 0.05) is 16.0 Å². The molecular weight excluding hydrogens is 418 g/mol. The molecule has 0 aliphatic carbocycles. The topological polar surface area (TPSA) is 98.8 Å². The Morgan fingerprint density at radius 3 is 2.19 bits per heavy atom. The molecule has 31 heavy (non-hydrogen) atoms. The fourth-order valence-electron chi connectivity index (χ4n) is 2.33. The number of esters is 2. The van der Waals surface area contributed by atoms with Crippen LogP contribution in [-0.2, 0) is 19.1 Å². The van der Waals surface area contributed by atoms with Crippen LogP contribution in [0.1, 0.15) is 41.5 Å². The van der Waals surface area contributed by atoms with Crippen LogP contribution < -0.4 is 5.32 Å². The maximum atomic E-state index is 12.4. The SMILES string of the molecule is COC(=O)c1ccc(NC(=O)CSc2ccccc2C(=O)OCC(=O)C(C)(C)C)cc1. The summed E-state index contributed by atoms with van der Waals surface area (Å²) < 4.78 is 9.80. The van der Waals surface area contributed by atoms with Gasteiger partial charge in [-0.25, -0.2) is 9.59 Å². The van der Waals surface area contributed by atoms with Gasteiger partial charge in [-0.2, -0.15) is 0 Å². The van der Waals surface area contributed by atoms with Gasteiger partial charge in [0.25, 0.3) is 0 Å². The zero-order chi connectivity index (χ0) is 23.0. The third-order valence-corrected chi connectivity index (χ3v) is 5.30. The summed E-state index contributed by atoms with van der Waals surface area (Å²) in [6.07, 6.45) is 0. The van der Waals surface area contributed by atoms with Crippen LogP contribution >= 0.6 is 11.8 Å². The highest BCUT2D eigenvalue weighted by molar-refractivity contribution is 8.00. The third kappa shape index (κ3) is 7.25. The standard InChI is InChI=1S/C23H25NO6S/c1-23(2,3)19(25)13-30-22(28)17-7-5-6-8-18(17)31-14-20(26)24-16-11-9-15(10-12-16)21(27)29-4/h5-12H,13-14H2,1-4H3,(H,24,26). The number of Topliss-reactive ketones (excluding diaryl/α,β-unsaturated/α-hetero) is 1. The van der Waals surface area contributed by atoms with Crippen LogP contribution in [-0.4, -0.2) is 43.1 Å². The highest BCUT2D eigenvalue weighted by atomic mass is 32.2.